The van der Waals surface area contributed by atoms with E-state index in [4.69, 9.17) is 4.84 Å². The van der Waals surface area contributed by atoms with Crippen LogP contribution in [-0.4, -0.2) is 6.21 Å². The van der Waals surface area contributed by atoms with Crippen molar-refractivity contribution in [3.63, 3.8) is 0 Å². The fraction of sp³-hybridized carbons (Fsp3) is 0.269. The SMILES string of the molecule is C(=NOCc1ccc(-c2ccccc2)cc1)c1ccccc1C1CCCCC1. The van der Waals surface area contributed by atoms with E-state index >= 15 is 0 Å². The van der Waals surface area contributed by atoms with Gasteiger partial charge in [0.15, 0.2) is 0 Å². The molecule has 0 unspecified atom stereocenters. The number of hydrogen-bond donors (Lipinski definition) is 0. The summed E-state index contributed by atoms with van der Waals surface area (Å²) < 4.78 is 0. The highest BCUT2D eigenvalue weighted by molar-refractivity contribution is 5.81. The maximum atomic E-state index is 5.58. The zero-order valence-electron chi connectivity index (χ0n) is 16.3. The normalized spacial score (nSPS) is 15.0. The number of benzene rings is 3. The second-order valence-corrected chi connectivity index (χ2v) is 7.53. The van der Waals surface area contributed by atoms with Crippen molar-refractivity contribution in [1.82, 2.24) is 0 Å². The summed E-state index contributed by atoms with van der Waals surface area (Å²) >= 11 is 0. The topological polar surface area (TPSA) is 21.6 Å². The van der Waals surface area contributed by atoms with E-state index in [-0.39, 0.29) is 0 Å². The van der Waals surface area contributed by atoms with Crippen molar-refractivity contribution in [1.29, 1.82) is 0 Å². The Morgan fingerprint density at radius 2 is 1.43 bits per heavy atom. The van der Waals surface area contributed by atoms with Crippen LogP contribution in [0.4, 0.5) is 0 Å². The lowest BCUT2D eigenvalue weighted by atomic mass is 9.82. The van der Waals surface area contributed by atoms with E-state index in [9.17, 15) is 0 Å². The Kier molecular flexibility index (Phi) is 6.18. The van der Waals surface area contributed by atoms with Crippen LogP contribution in [-0.2, 0) is 11.4 Å². The Bertz CT molecular complexity index is 893. The summed E-state index contributed by atoms with van der Waals surface area (Å²) in [7, 11) is 0. The van der Waals surface area contributed by atoms with Crippen LogP contribution in [0.25, 0.3) is 11.1 Å². The maximum absolute atomic E-state index is 5.58. The molecular formula is C26H27NO. The third kappa shape index (κ3) is 4.69. The van der Waals surface area contributed by atoms with Gasteiger partial charge in [-0.1, -0.05) is 103 Å². The lowest BCUT2D eigenvalue weighted by molar-refractivity contribution is 0.132. The predicted octanol–water partition coefficient (Wildman–Crippen LogP) is 6.95. The number of rotatable bonds is 6. The molecule has 142 valence electrons. The summed E-state index contributed by atoms with van der Waals surface area (Å²) in [5.74, 6) is 0.668. The van der Waals surface area contributed by atoms with Gasteiger partial charge in [0.1, 0.15) is 6.61 Å². The van der Waals surface area contributed by atoms with Gasteiger partial charge in [-0.05, 0) is 46.6 Å². The van der Waals surface area contributed by atoms with Gasteiger partial charge in [-0.2, -0.15) is 0 Å². The quantitative estimate of drug-likeness (QED) is 0.340. The molecule has 2 nitrogen and oxygen atoms in total. The highest BCUT2D eigenvalue weighted by Gasteiger charge is 2.17. The molecule has 0 atom stereocenters. The monoisotopic (exact) mass is 369 g/mol. The maximum Gasteiger partial charge on any atom is 0.142 e. The summed E-state index contributed by atoms with van der Waals surface area (Å²) in [6.07, 6.45) is 8.51. The molecule has 2 heteroatoms. The van der Waals surface area contributed by atoms with Crippen LogP contribution < -0.4 is 0 Å². The first-order valence-corrected chi connectivity index (χ1v) is 10.3. The number of nitrogens with zero attached hydrogens (tertiary/aromatic N) is 1. The molecule has 0 bridgehead atoms. The van der Waals surface area contributed by atoms with Crippen molar-refractivity contribution in [2.45, 2.75) is 44.6 Å². The first-order chi connectivity index (χ1) is 13.9. The fourth-order valence-electron chi connectivity index (χ4n) is 4.04. The van der Waals surface area contributed by atoms with E-state index in [1.165, 1.54) is 54.4 Å². The molecule has 0 aliphatic heterocycles. The number of oxime groups is 1. The Morgan fingerprint density at radius 3 is 2.21 bits per heavy atom. The van der Waals surface area contributed by atoms with E-state index in [0.29, 0.717) is 12.5 Å². The fourth-order valence-corrected chi connectivity index (χ4v) is 4.04. The molecule has 0 aromatic heterocycles. The van der Waals surface area contributed by atoms with E-state index in [0.717, 1.165) is 5.56 Å². The van der Waals surface area contributed by atoms with Gasteiger partial charge < -0.3 is 4.84 Å². The molecule has 0 saturated heterocycles. The largest absolute Gasteiger partial charge is 0.391 e. The minimum Gasteiger partial charge on any atom is -0.391 e. The first-order valence-electron chi connectivity index (χ1n) is 10.3. The molecular weight excluding hydrogens is 342 g/mol. The summed E-state index contributed by atoms with van der Waals surface area (Å²) in [6.45, 7) is 0.483. The van der Waals surface area contributed by atoms with Crippen molar-refractivity contribution in [3.8, 4) is 11.1 Å². The molecule has 3 aromatic carbocycles. The molecule has 0 amide bonds. The zero-order chi connectivity index (χ0) is 19.0. The van der Waals surface area contributed by atoms with Gasteiger partial charge in [-0.3, -0.25) is 0 Å². The molecule has 0 heterocycles. The molecule has 3 aromatic rings. The minimum absolute atomic E-state index is 0.483. The number of hydrogen-bond acceptors (Lipinski definition) is 2. The van der Waals surface area contributed by atoms with Crippen LogP contribution in [0.2, 0.25) is 0 Å². The van der Waals surface area contributed by atoms with Crippen molar-refractivity contribution in [3.05, 3.63) is 95.6 Å². The van der Waals surface area contributed by atoms with E-state index in [2.05, 4.69) is 78.0 Å². The predicted molar refractivity (Wildman–Crippen MR) is 117 cm³/mol. The molecule has 1 aliphatic carbocycles. The van der Waals surface area contributed by atoms with Gasteiger partial charge in [0.2, 0.25) is 0 Å². The molecule has 1 aliphatic rings. The van der Waals surface area contributed by atoms with Crippen LogP contribution in [0, 0.1) is 0 Å². The van der Waals surface area contributed by atoms with E-state index < -0.39 is 0 Å². The second kappa shape index (κ2) is 9.36. The third-order valence-electron chi connectivity index (χ3n) is 5.60. The standard InChI is InChI=1S/C26H27NO/c1-3-9-22(10-4-1)23-17-15-21(16-18-23)20-28-27-19-25-13-7-8-14-26(25)24-11-5-2-6-12-24/h1,3-4,7-10,13-19,24H,2,5-6,11-12,20H2. The van der Waals surface area contributed by atoms with Crippen LogP contribution in [0.1, 0.15) is 54.7 Å². The van der Waals surface area contributed by atoms with Gasteiger partial charge in [0.05, 0.1) is 6.21 Å². The van der Waals surface area contributed by atoms with Gasteiger partial charge in [0.25, 0.3) is 0 Å². The third-order valence-corrected chi connectivity index (χ3v) is 5.60. The minimum atomic E-state index is 0.483. The second-order valence-electron chi connectivity index (χ2n) is 7.53. The Hall–Kier alpha value is -2.87. The van der Waals surface area contributed by atoms with Crippen molar-refractivity contribution < 1.29 is 4.84 Å². The molecule has 0 N–H and O–H groups in total. The summed E-state index contributed by atoms with van der Waals surface area (Å²) in [4.78, 5) is 5.58. The van der Waals surface area contributed by atoms with Gasteiger partial charge >= 0.3 is 0 Å². The van der Waals surface area contributed by atoms with Gasteiger partial charge in [-0.15, -0.1) is 0 Å². The molecule has 28 heavy (non-hydrogen) atoms. The van der Waals surface area contributed by atoms with Crippen molar-refractivity contribution >= 4 is 6.21 Å². The van der Waals surface area contributed by atoms with Crippen LogP contribution in [0.5, 0.6) is 0 Å². The van der Waals surface area contributed by atoms with E-state index in [1.807, 2.05) is 12.3 Å². The molecule has 0 spiro atoms. The molecule has 1 saturated carbocycles. The Morgan fingerprint density at radius 1 is 0.750 bits per heavy atom. The smallest absolute Gasteiger partial charge is 0.142 e. The zero-order valence-corrected chi connectivity index (χ0v) is 16.3. The van der Waals surface area contributed by atoms with E-state index in [1.54, 1.807) is 0 Å². The molecule has 1 fully saturated rings. The first kappa shape index (κ1) is 18.5. The Balaban J connectivity index is 1.36. The summed E-state index contributed by atoms with van der Waals surface area (Å²) in [5.41, 5.74) is 6.18. The van der Waals surface area contributed by atoms with Crippen molar-refractivity contribution in [2.24, 2.45) is 5.16 Å². The van der Waals surface area contributed by atoms with Gasteiger partial charge in [0, 0.05) is 0 Å². The summed E-state index contributed by atoms with van der Waals surface area (Å²) in [6, 6.07) is 27.5. The lowest BCUT2D eigenvalue weighted by Crippen LogP contribution is -2.07. The van der Waals surface area contributed by atoms with Crippen LogP contribution in [0.15, 0.2) is 84.0 Å². The Labute approximate surface area is 167 Å². The summed E-state index contributed by atoms with van der Waals surface area (Å²) in [5, 5.41) is 4.25. The van der Waals surface area contributed by atoms with Crippen molar-refractivity contribution in [2.75, 3.05) is 0 Å². The lowest BCUT2D eigenvalue weighted by Gasteiger charge is -2.23. The average molecular weight is 370 g/mol. The molecule has 4 rings (SSSR count). The highest BCUT2D eigenvalue weighted by Crippen LogP contribution is 2.33. The van der Waals surface area contributed by atoms with Crippen LogP contribution >= 0.6 is 0 Å². The molecule has 0 radical (unpaired) electrons. The van der Waals surface area contributed by atoms with Gasteiger partial charge in [-0.25, -0.2) is 0 Å². The van der Waals surface area contributed by atoms with Crippen LogP contribution in [0.3, 0.4) is 0 Å². The average Bonchev–Trinajstić information content (AvgIpc) is 2.79. The highest BCUT2D eigenvalue weighted by atomic mass is 16.6.